The normalized spacial score (nSPS) is 14.8. The second-order valence-electron chi connectivity index (χ2n) is 12.5. The minimum atomic E-state index is -1.34. The standard InChI is InChI=1S/C35H41N7O11/c36-33(48)38-20-4-6-27(40-32(47)35(17-5-18-35)31(46)37-19-2-1-3-21-41-28(43)15-16-29(41)44)30(45)39-24-9-7-23(8-10-24)22-52-34(49)53-26-13-11-25(12-14-26)42(50)51/h7-16,27H,1-6,17-22H2,(H,37,46)(H,39,45)(H,40,47)(H3,36,38,48). The van der Waals surface area contributed by atoms with Crippen LogP contribution in [-0.2, 0) is 35.3 Å². The molecule has 2 aliphatic rings. The number of primary amides is 1. The highest BCUT2D eigenvalue weighted by molar-refractivity contribution is 6.12. The molecular formula is C35H41N7O11. The Morgan fingerprint density at radius 1 is 0.868 bits per heavy atom. The molecule has 1 aliphatic carbocycles. The molecule has 1 fully saturated rings. The Morgan fingerprint density at radius 2 is 1.53 bits per heavy atom. The van der Waals surface area contributed by atoms with Gasteiger partial charge >= 0.3 is 12.2 Å². The fraction of sp³-hybridized carbons (Fsp3) is 0.400. The summed E-state index contributed by atoms with van der Waals surface area (Å²) >= 11 is 0. The summed E-state index contributed by atoms with van der Waals surface area (Å²) in [6.45, 7) is 0.553. The van der Waals surface area contributed by atoms with E-state index in [-0.39, 0.29) is 55.8 Å². The number of nitro benzene ring substituents is 1. The number of urea groups is 1. The van der Waals surface area contributed by atoms with Gasteiger partial charge in [0.15, 0.2) is 0 Å². The highest BCUT2D eigenvalue weighted by atomic mass is 16.7. The molecule has 1 atom stereocenters. The van der Waals surface area contributed by atoms with Crippen molar-refractivity contribution in [1.82, 2.24) is 20.9 Å². The molecule has 1 saturated carbocycles. The summed E-state index contributed by atoms with van der Waals surface area (Å²) in [4.78, 5) is 98.1. The van der Waals surface area contributed by atoms with Crippen LogP contribution in [0.3, 0.4) is 0 Å². The number of unbranched alkanes of at least 4 members (excludes halogenated alkanes) is 2. The number of hydrogen-bond acceptors (Lipinski definition) is 11. The van der Waals surface area contributed by atoms with Gasteiger partial charge in [-0.3, -0.25) is 39.0 Å². The van der Waals surface area contributed by atoms with E-state index in [1.165, 1.54) is 36.4 Å². The monoisotopic (exact) mass is 735 g/mol. The smallest absolute Gasteiger partial charge is 0.429 e. The van der Waals surface area contributed by atoms with Crippen LogP contribution in [0.5, 0.6) is 5.75 Å². The third-order valence-corrected chi connectivity index (χ3v) is 8.74. The molecule has 2 aromatic rings. The van der Waals surface area contributed by atoms with Crippen molar-refractivity contribution in [2.24, 2.45) is 11.1 Å². The quantitative estimate of drug-likeness (QED) is 0.0266. The zero-order valence-corrected chi connectivity index (χ0v) is 28.8. The highest BCUT2D eigenvalue weighted by Gasteiger charge is 2.51. The van der Waals surface area contributed by atoms with Crippen molar-refractivity contribution in [3.05, 3.63) is 76.4 Å². The largest absolute Gasteiger partial charge is 0.514 e. The number of imide groups is 1. The van der Waals surface area contributed by atoms with Gasteiger partial charge in [0.2, 0.25) is 17.7 Å². The van der Waals surface area contributed by atoms with E-state index >= 15 is 0 Å². The topological polar surface area (TPSA) is 258 Å². The molecule has 0 bridgehead atoms. The average Bonchev–Trinajstić information content (AvgIpc) is 3.42. The van der Waals surface area contributed by atoms with Gasteiger partial charge in [-0.05, 0) is 74.8 Å². The molecule has 7 amide bonds. The van der Waals surface area contributed by atoms with Crippen LogP contribution in [0.2, 0.25) is 0 Å². The Balaban J connectivity index is 1.27. The van der Waals surface area contributed by atoms with Crippen LogP contribution in [0.1, 0.15) is 56.9 Å². The van der Waals surface area contributed by atoms with Crippen molar-refractivity contribution in [3.8, 4) is 5.75 Å². The Bertz CT molecular complexity index is 1710. The molecule has 1 aliphatic heterocycles. The summed E-state index contributed by atoms with van der Waals surface area (Å²) < 4.78 is 10.1. The van der Waals surface area contributed by atoms with Crippen molar-refractivity contribution < 1.29 is 48.0 Å². The molecule has 6 N–H and O–H groups in total. The molecule has 282 valence electrons. The van der Waals surface area contributed by atoms with Crippen LogP contribution < -0.4 is 31.7 Å². The van der Waals surface area contributed by atoms with E-state index in [9.17, 15) is 43.7 Å². The number of non-ortho nitro benzene ring substituents is 1. The summed E-state index contributed by atoms with van der Waals surface area (Å²) in [6.07, 6.45) is 4.88. The van der Waals surface area contributed by atoms with E-state index in [0.29, 0.717) is 56.3 Å². The number of nitrogens with zero attached hydrogens (tertiary/aromatic N) is 2. The molecule has 18 nitrogen and oxygen atoms in total. The molecule has 4 rings (SSSR count). The van der Waals surface area contributed by atoms with E-state index in [1.54, 1.807) is 24.3 Å². The van der Waals surface area contributed by atoms with Crippen molar-refractivity contribution in [2.75, 3.05) is 25.0 Å². The summed E-state index contributed by atoms with van der Waals surface area (Å²) in [5.41, 5.74) is 4.56. The lowest BCUT2D eigenvalue weighted by molar-refractivity contribution is -0.384. The third kappa shape index (κ3) is 11.3. The predicted molar refractivity (Wildman–Crippen MR) is 187 cm³/mol. The van der Waals surface area contributed by atoms with Gasteiger partial charge in [0.25, 0.3) is 17.5 Å². The van der Waals surface area contributed by atoms with E-state index in [1.807, 2.05) is 0 Å². The molecule has 53 heavy (non-hydrogen) atoms. The van der Waals surface area contributed by atoms with Gasteiger partial charge in [-0.25, -0.2) is 9.59 Å². The summed E-state index contributed by atoms with van der Waals surface area (Å²) in [5.74, 6) is -2.22. The minimum absolute atomic E-state index is 0.0624. The van der Waals surface area contributed by atoms with Crippen molar-refractivity contribution in [3.63, 3.8) is 0 Å². The predicted octanol–water partition coefficient (Wildman–Crippen LogP) is 2.56. The summed E-state index contributed by atoms with van der Waals surface area (Å²) in [7, 11) is 0. The van der Waals surface area contributed by atoms with Crippen LogP contribution >= 0.6 is 0 Å². The number of amides is 7. The maximum atomic E-state index is 13.6. The van der Waals surface area contributed by atoms with E-state index in [2.05, 4.69) is 21.3 Å². The first-order valence-corrected chi connectivity index (χ1v) is 17.0. The fourth-order valence-electron chi connectivity index (χ4n) is 5.58. The van der Waals surface area contributed by atoms with Gasteiger partial charge < -0.3 is 36.5 Å². The maximum Gasteiger partial charge on any atom is 0.514 e. The molecule has 0 aromatic heterocycles. The average molecular weight is 736 g/mol. The number of nitrogens with two attached hydrogens (primary N) is 1. The van der Waals surface area contributed by atoms with Gasteiger partial charge in [0.1, 0.15) is 23.8 Å². The number of ether oxygens (including phenoxy) is 2. The zero-order valence-electron chi connectivity index (χ0n) is 28.8. The first-order valence-electron chi connectivity index (χ1n) is 17.0. The fourth-order valence-corrected chi connectivity index (χ4v) is 5.58. The van der Waals surface area contributed by atoms with Gasteiger partial charge in [-0.2, -0.15) is 0 Å². The Labute approximate surface area is 303 Å². The Hall–Kier alpha value is -6.33. The Morgan fingerprint density at radius 3 is 2.13 bits per heavy atom. The summed E-state index contributed by atoms with van der Waals surface area (Å²) in [6, 6.07) is 9.39. The first kappa shape index (κ1) is 39.5. The second kappa shape index (κ2) is 18.8. The molecule has 1 heterocycles. The summed E-state index contributed by atoms with van der Waals surface area (Å²) in [5, 5.41) is 21.5. The lowest BCUT2D eigenvalue weighted by Crippen LogP contribution is -2.58. The van der Waals surface area contributed by atoms with Crippen LogP contribution in [0.25, 0.3) is 0 Å². The van der Waals surface area contributed by atoms with E-state index < -0.39 is 46.3 Å². The second-order valence-corrected chi connectivity index (χ2v) is 12.5. The van der Waals surface area contributed by atoms with Gasteiger partial charge in [-0.1, -0.05) is 18.6 Å². The number of carbonyl (C=O) groups excluding carboxylic acids is 7. The van der Waals surface area contributed by atoms with Crippen molar-refractivity contribution in [1.29, 1.82) is 0 Å². The molecule has 1 unspecified atom stereocenters. The van der Waals surface area contributed by atoms with Crippen LogP contribution in [0, 0.1) is 15.5 Å². The molecule has 0 saturated heterocycles. The van der Waals surface area contributed by atoms with Gasteiger partial charge in [0, 0.05) is 49.6 Å². The number of benzene rings is 2. The molecule has 0 radical (unpaired) electrons. The Kier molecular flexibility index (Phi) is 14.0. The molecule has 18 heteroatoms. The number of anilines is 1. The van der Waals surface area contributed by atoms with Crippen LogP contribution in [0.4, 0.5) is 21.0 Å². The van der Waals surface area contributed by atoms with Crippen LogP contribution in [-0.4, -0.2) is 77.2 Å². The van der Waals surface area contributed by atoms with E-state index in [4.69, 9.17) is 15.2 Å². The number of carbonyl (C=O) groups is 7. The molecule has 2 aromatic carbocycles. The number of hydrogen-bond donors (Lipinski definition) is 5. The van der Waals surface area contributed by atoms with Crippen LogP contribution in [0.15, 0.2) is 60.7 Å². The maximum absolute atomic E-state index is 13.6. The zero-order chi connectivity index (χ0) is 38.4. The van der Waals surface area contributed by atoms with Crippen molar-refractivity contribution >= 4 is 53.1 Å². The lowest BCUT2D eigenvalue weighted by atomic mass is 9.67. The van der Waals surface area contributed by atoms with E-state index in [0.717, 1.165) is 4.90 Å². The number of nitrogens with one attached hydrogen (secondary N) is 4. The SMILES string of the molecule is NC(=O)NCCCC(NC(=O)C1(C(=O)NCCCCCN2C(=O)C=CC2=O)CCC1)C(=O)Nc1ccc(COC(=O)Oc2ccc([N+](=O)[O-])cc2)cc1. The lowest BCUT2D eigenvalue weighted by Gasteiger charge is -2.39. The number of nitro groups is 1. The van der Waals surface area contributed by atoms with Gasteiger partial charge in [-0.15, -0.1) is 0 Å². The minimum Gasteiger partial charge on any atom is -0.429 e. The molecular weight excluding hydrogens is 694 g/mol. The molecule has 0 spiro atoms. The van der Waals surface area contributed by atoms with Crippen molar-refractivity contribution in [2.45, 2.75) is 64.0 Å². The number of rotatable bonds is 19. The first-order chi connectivity index (χ1) is 25.4. The third-order valence-electron chi connectivity index (χ3n) is 8.74. The van der Waals surface area contributed by atoms with Gasteiger partial charge in [0.05, 0.1) is 4.92 Å². The highest BCUT2D eigenvalue weighted by Crippen LogP contribution is 2.41.